The van der Waals surface area contributed by atoms with Crippen molar-refractivity contribution in [3.05, 3.63) is 76.9 Å². The van der Waals surface area contributed by atoms with Crippen LogP contribution in [0.1, 0.15) is 44.9 Å². The quantitative estimate of drug-likeness (QED) is 0.536. The Hall–Kier alpha value is -3.55. The zero-order valence-electron chi connectivity index (χ0n) is 15.5. The molecule has 3 aromatic heterocycles. The molecule has 0 saturated heterocycles. The molecular formula is C20H18N6O2. The third-order valence-corrected chi connectivity index (χ3v) is 5.05. The van der Waals surface area contributed by atoms with Crippen LogP contribution in [0, 0.1) is 13.8 Å². The first-order valence-corrected chi connectivity index (χ1v) is 9.08. The maximum atomic E-state index is 13.5. The number of carbonyl (C=O) groups is 1. The number of aryl methyl sites for hydroxylation is 2. The van der Waals surface area contributed by atoms with Crippen molar-refractivity contribution in [3.63, 3.8) is 0 Å². The zero-order valence-corrected chi connectivity index (χ0v) is 15.5. The van der Waals surface area contributed by atoms with E-state index >= 15 is 0 Å². The Kier molecular flexibility index (Phi) is 3.71. The van der Waals surface area contributed by atoms with Crippen molar-refractivity contribution >= 4 is 11.6 Å². The van der Waals surface area contributed by atoms with Crippen LogP contribution < -0.4 is 0 Å². The molecule has 1 aromatic carbocycles. The molecule has 0 spiro atoms. The molecule has 0 saturated carbocycles. The van der Waals surface area contributed by atoms with Crippen LogP contribution in [-0.4, -0.2) is 35.6 Å². The first kappa shape index (κ1) is 16.6. The van der Waals surface area contributed by atoms with E-state index in [1.165, 1.54) is 5.56 Å². The number of benzene rings is 1. The molecule has 1 aliphatic heterocycles. The molecule has 5 rings (SSSR count). The number of hydrogen-bond donors (Lipinski definition) is 0. The third-order valence-electron chi connectivity index (χ3n) is 5.05. The Balaban J connectivity index is 1.59. The Morgan fingerprint density at radius 2 is 1.96 bits per heavy atom. The minimum atomic E-state index is -0.330. The second kappa shape index (κ2) is 6.26. The number of aromatic nitrogens is 5. The van der Waals surface area contributed by atoms with Gasteiger partial charge in [-0.1, -0.05) is 24.3 Å². The molecule has 0 fully saturated rings. The van der Waals surface area contributed by atoms with Gasteiger partial charge in [0, 0.05) is 32.3 Å². The molecule has 0 N–H and O–H groups in total. The molecule has 1 unspecified atom stereocenters. The Morgan fingerprint density at radius 3 is 2.75 bits per heavy atom. The van der Waals surface area contributed by atoms with Crippen molar-refractivity contribution in [1.29, 1.82) is 0 Å². The third kappa shape index (κ3) is 2.65. The molecule has 0 radical (unpaired) electrons. The number of amides is 1. The van der Waals surface area contributed by atoms with E-state index < -0.39 is 0 Å². The molecule has 0 bridgehead atoms. The van der Waals surface area contributed by atoms with Crippen LogP contribution in [0.15, 0.2) is 47.3 Å². The fourth-order valence-electron chi connectivity index (χ4n) is 3.68. The summed E-state index contributed by atoms with van der Waals surface area (Å²) in [6.45, 7) is 4.15. The van der Waals surface area contributed by atoms with Crippen LogP contribution >= 0.6 is 0 Å². The summed E-state index contributed by atoms with van der Waals surface area (Å²) in [5.41, 5.74) is 4.26. The maximum Gasteiger partial charge on any atom is 0.260 e. The number of nitrogens with zero attached hydrogens (tertiary/aromatic N) is 6. The predicted molar refractivity (Wildman–Crippen MR) is 99.5 cm³/mol. The summed E-state index contributed by atoms with van der Waals surface area (Å²) < 4.78 is 7.32. The summed E-state index contributed by atoms with van der Waals surface area (Å²) >= 11 is 0. The SMILES string of the molecule is Cc1cnc2c(C(=O)N3Cc4ccccc4CC3c3nnc(C)o3)cnn2c1. The van der Waals surface area contributed by atoms with E-state index in [-0.39, 0.29) is 11.9 Å². The average molecular weight is 374 g/mol. The van der Waals surface area contributed by atoms with Crippen molar-refractivity contribution in [2.24, 2.45) is 0 Å². The highest BCUT2D eigenvalue weighted by molar-refractivity contribution is 5.99. The summed E-state index contributed by atoms with van der Waals surface area (Å²) in [4.78, 5) is 19.7. The van der Waals surface area contributed by atoms with Crippen molar-refractivity contribution < 1.29 is 9.21 Å². The van der Waals surface area contributed by atoms with Gasteiger partial charge in [-0.05, 0) is 23.6 Å². The van der Waals surface area contributed by atoms with Crippen LogP contribution in [0.4, 0.5) is 0 Å². The Labute approximate surface area is 160 Å². The number of rotatable bonds is 2. The lowest BCUT2D eigenvalue weighted by molar-refractivity contribution is 0.0604. The van der Waals surface area contributed by atoms with Crippen molar-refractivity contribution in [3.8, 4) is 0 Å². The summed E-state index contributed by atoms with van der Waals surface area (Å²) in [5, 5.41) is 12.4. The van der Waals surface area contributed by atoms with E-state index in [0.717, 1.165) is 11.1 Å². The summed E-state index contributed by atoms with van der Waals surface area (Å²) in [7, 11) is 0. The number of carbonyl (C=O) groups excluding carboxylic acids is 1. The van der Waals surface area contributed by atoms with E-state index in [0.29, 0.717) is 36.0 Å². The fourth-order valence-corrected chi connectivity index (χ4v) is 3.68. The Morgan fingerprint density at radius 1 is 1.14 bits per heavy atom. The van der Waals surface area contributed by atoms with E-state index in [1.54, 1.807) is 28.7 Å². The first-order chi connectivity index (χ1) is 13.6. The topological polar surface area (TPSA) is 89.4 Å². The standard InChI is InChI=1S/C20H18N6O2/c1-12-8-21-18-16(9-22-26(18)10-12)20(27)25-11-15-6-4-3-5-14(15)7-17(25)19-24-23-13(2)28-19/h3-6,8-10,17H,7,11H2,1-2H3. The monoisotopic (exact) mass is 374 g/mol. The van der Waals surface area contributed by atoms with Gasteiger partial charge in [0.15, 0.2) is 5.65 Å². The first-order valence-electron chi connectivity index (χ1n) is 9.08. The summed E-state index contributed by atoms with van der Waals surface area (Å²) in [6.07, 6.45) is 5.78. The maximum absolute atomic E-state index is 13.5. The number of hydrogen-bond acceptors (Lipinski definition) is 6. The highest BCUT2D eigenvalue weighted by Gasteiger charge is 2.35. The second-order valence-electron chi connectivity index (χ2n) is 7.04. The molecule has 1 amide bonds. The van der Waals surface area contributed by atoms with Gasteiger partial charge in [-0.25, -0.2) is 9.50 Å². The van der Waals surface area contributed by atoms with Crippen LogP contribution in [0.5, 0.6) is 0 Å². The van der Waals surface area contributed by atoms with E-state index in [9.17, 15) is 4.79 Å². The highest BCUT2D eigenvalue weighted by atomic mass is 16.4. The highest BCUT2D eigenvalue weighted by Crippen LogP contribution is 2.34. The largest absolute Gasteiger partial charge is 0.423 e. The van der Waals surface area contributed by atoms with Gasteiger partial charge in [-0.3, -0.25) is 4.79 Å². The van der Waals surface area contributed by atoms with Gasteiger partial charge < -0.3 is 9.32 Å². The molecule has 1 atom stereocenters. The molecule has 28 heavy (non-hydrogen) atoms. The predicted octanol–water partition coefficient (Wildman–Crippen LogP) is 2.67. The van der Waals surface area contributed by atoms with Crippen LogP contribution in [0.3, 0.4) is 0 Å². The molecule has 4 heterocycles. The molecule has 8 heteroatoms. The van der Waals surface area contributed by atoms with Crippen molar-refractivity contribution in [2.75, 3.05) is 0 Å². The summed E-state index contributed by atoms with van der Waals surface area (Å²) in [6, 6.07) is 7.78. The van der Waals surface area contributed by atoms with E-state index in [4.69, 9.17) is 4.42 Å². The summed E-state index contributed by atoms with van der Waals surface area (Å²) in [5.74, 6) is 0.775. The normalized spacial score (nSPS) is 16.4. The second-order valence-corrected chi connectivity index (χ2v) is 7.04. The van der Waals surface area contributed by atoms with E-state index in [2.05, 4.69) is 26.3 Å². The van der Waals surface area contributed by atoms with Crippen molar-refractivity contribution in [1.82, 2.24) is 29.7 Å². The fraction of sp³-hybridized carbons (Fsp3) is 0.250. The lowest BCUT2D eigenvalue weighted by Gasteiger charge is -2.34. The number of fused-ring (bicyclic) bond motifs is 2. The molecule has 8 nitrogen and oxygen atoms in total. The molecule has 0 aliphatic carbocycles. The molecular weight excluding hydrogens is 356 g/mol. The molecule has 140 valence electrons. The minimum Gasteiger partial charge on any atom is -0.423 e. The van der Waals surface area contributed by atoms with Gasteiger partial charge in [0.05, 0.1) is 6.20 Å². The van der Waals surface area contributed by atoms with Gasteiger partial charge in [0.2, 0.25) is 11.8 Å². The minimum absolute atomic E-state index is 0.151. The lowest BCUT2D eigenvalue weighted by Crippen LogP contribution is -2.39. The van der Waals surface area contributed by atoms with Crippen LogP contribution in [-0.2, 0) is 13.0 Å². The van der Waals surface area contributed by atoms with Gasteiger partial charge in [-0.2, -0.15) is 5.10 Å². The van der Waals surface area contributed by atoms with Gasteiger partial charge in [0.25, 0.3) is 5.91 Å². The molecule has 1 aliphatic rings. The van der Waals surface area contributed by atoms with Crippen LogP contribution in [0.25, 0.3) is 5.65 Å². The smallest absolute Gasteiger partial charge is 0.260 e. The van der Waals surface area contributed by atoms with Crippen molar-refractivity contribution in [2.45, 2.75) is 32.9 Å². The van der Waals surface area contributed by atoms with E-state index in [1.807, 2.05) is 31.3 Å². The molecule has 4 aromatic rings. The lowest BCUT2D eigenvalue weighted by atomic mass is 9.93. The average Bonchev–Trinajstić information content (AvgIpc) is 3.32. The van der Waals surface area contributed by atoms with Crippen LogP contribution in [0.2, 0.25) is 0 Å². The van der Waals surface area contributed by atoms with Gasteiger partial charge in [0.1, 0.15) is 11.6 Å². The zero-order chi connectivity index (χ0) is 19.3. The van der Waals surface area contributed by atoms with Gasteiger partial charge in [-0.15, -0.1) is 10.2 Å². The van der Waals surface area contributed by atoms with Gasteiger partial charge >= 0.3 is 0 Å². The Bertz CT molecular complexity index is 1190.